The molecule has 1 aromatic carbocycles. The molecule has 7 heteroatoms. The lowest BCUT2D eigenvalue weighted by molar-refractivity contribution is -0.153. The molecule has 32 heavy (non-hydrogen) atoms. The number of pyridine rings is 1. The molecule has 0 unspecified atom stereocenters. The Labute approximate surface area is 188 Å². The van der Waals surface area contributed by atoms with Gasteiger partial charge in [-0.25, -0.2) is 4.98 Å². The van der Waals surface area contributed by atoms with Crippen LogP contribution in [0.3, 0.4) is 0 Å². The molecule has 5 rings (SSSR count). The van der Waals surface area contributed by atoms with Crippen LogP contribution in [0.15, 0.2) is 42.5 Å². The van der Waals surface area contributed by atoms with Gasteiger partial charge in [-0.15, -0.1) is 0 Å². The second-order valence-corrected chi connectivity index (χ2v) is 9.18. The zero-order valence-corrected chi connectivity index (χ0v) is 18.2. The van der Waals surface area contributed by atoms with Gasteiger partial charge in [-0.3, -0.25) is 14.5 Å². The first kappa shape index (κ1) is 20.9. The van der Waals surface area contributed by atoms with Crippen molar-refractivity contribution in [3.05, 3.63) is 59.3 Å². The number of aromatic nitrogens is 1. The Morgan fingerprint density at radius 1 is 1.06 bits per heavy atom. The average molecular weight is 435 g/mol. The molecule has 0 aliphatic carbocycles. The molecule has 0 radical (unpaired) electrons. The lowest BCUT2D eigenvalue weighted by atomic mass is 9.89. The molecule has 3 aliphatic rings. The summed E-state index contributed by atoms with van der Waals surface area (Å²) >= 11 is 0. The van der Waals surface area contributed by atoms with Crippen molar-refractivity contribution in [2.75, 3.05) is 38.0 Å². The van der Waals surface area contributed by atoms with Gasteiger partial charge in [0.15, 0.2) is 0 Å². The fourth-order valence-electron chi connectivity index (χ4n) is 5.25. The number of hydrogen-bond donors (Lipinski definition) is 2. The minimum Gasteiger partial charge on any atom is -0.480 e. The number of likely N-dealkylation sites (tertiary alicyclic amines) is 2. The van der Waals surface area contributed by atoms with E-state index in [9.17, 15) is 14.7 Å². The summed E-state index contributed by atoms with van der Waals surface area (Å²) in [5.74, 6) is 0.615. The fraction of sp³-hybridized carbons (Fsp3) is 0.480. The van der Waals surface area contributed by atoms with Gasteiger partial charge in [0.2, 0.25) is 5.91 Å². The van der Waals surface area contributed by atoms with Crippen LogP contribution in [0.25, 0.3) is 0 Å². The van der Waals surface area contributed by atoms with Gasteiger partial charge in [-0.1, -0.05) is 36.4 Å². The van der Waals surface area contributed by atoms with Crippen molar-refractivity contribution in [2.45, 2.75) is 37.6 Å². The van der Waals surface area contributed by atoms with Crippen LogP contribution < -0.4 is 5.32 Å². The van der Waals surface area contributed by atoms with E-state index in [4.69, 9.17) is 4.98 Å². The summed E-state index contributed by atoms with van der Waals surface area (Å²) in [5, 5.41) is 13.1. The summed E-state index contributed by atoms with van der Waals surface area (Å²) in [4.78, 5) is 33.6. The molecule has 0 spiro atoms. The van der Waals surface area contributed by atoms with Crippen LogP contribution in [0, 0.1) is 5.92 Å². The number of nitrogens with one attached hydrogen (secondary N) is 1. The van der Waals surface area contributed by atoms with Crippen molar-refractivity contribution < 1.29 is 14.7 Å². The molecule has 7 nitrogen and oxygen atoms in total. The summed E-state index contributed by atoms with van der Waals surface area (Å²) in [6.07, 6.45) is 4.10. The number of rotatable bonds is 5. The third-order valence-corrected chi connectivity index (χ3v) is 7.11. The number of piperidine rings is 1. The first-order valence-corrected chi connectivity index (χ1v) is 11.6. The summed E-state index contributed by atoms with van der Waals surface area (Å²) in [6.45, 7) is 3.48. The molecule has 2 fully saturated rings. The number of anilines is 1. The highest BCUT2D eigenvalue weighted by atomic mass is 16.4. The number of benzene rings is 1. The normalized spacial score (nSPS) is 20.7. The Morgan fingerprint density at radius 3 is 2.53 bits per heavy atom. The number of amides is 1. The number of aryl methyl sites for hydroxylation is 1. The van der Waals surface area contributed by atoms with Crippen molar-refractivity contribution in [2.24, 2.45) is 5.92 Å². The highest BCUT2D eigenvalue weighted by Gasteiger charge is 2.42. The summed E-state index contributed by atoms with van der Waals surface area (Å²) in [6, 6.07) is 12.9. The number of fused-ring (bicyclic) bond motifs is 1. The Hall–Kier alpha value is -2.93. The Morgan fingerprint density at radius 2 is 1.81 bits per heavy atom. The van der Waals surface area contributed by atoms with E-state index in [1.807, 2.05) is 40.1 Å². The van der Waals surface area contributed by atoms with Gasteiger partial charge in [-0.2, -0.15) is 0 Å². The standard InChI is InChI=1S/C25H30N4O3/c30-24(20-15-29(16-20)22(25(31)32)18-5-2-1-3-6-18)28-13-10-17(11-14-28)21-9-8-19-7-4-12-26-23(19)27-21/h1-3,5-6,8-9,17,20,22H,4,7,10-16H2,(H,26,27)(H,31,32)/t22-/m1/s1. The van der Waals surface area contributed by atoms with Crippen molar-refractivity contribution in [1.82, 2.24) is 14.8 Å². The molecule has 0 saturated carbocycles. The van der Waals surface area contributed by atoms with Crippen molar-refractivity contribution >= 4 is 17.7 Å². The molecule has 1 aromatic heterocycles. The first-order valence-electron chi connectivity index (χ1n) is 11.6. The minimum absolute atomic E-state index is 0.108. The van der Waals surface area contributed by atoms with Crippen LogP contribution in [-0.4, -0.2) is 64.5 Å². The van der Waals surface area contributed by atoms with Gasteiger partial charge in [0.05, 0.1) is 5.92 Å². The maximum atomic E-state index is 13.0. The number of carbonyl (C=O) groups is 2. The summed E-state index contributed by atoms with van der Waals surface area (Å²) in [5.41, 5.74) is 3.20. The van der Waals surface area contributed by atoms with Crippen LogP contribution in [-0.2, 0) is 16.0 Å². The predicted octanol–water partition coefficient (Wildman–Crippen LogP) is 2.90. The molecule has 4 heterocycles. The molecule has 0 bridgehead atoms. The van der Waals surface area contributed by atoms with Crippen LogP contribution in [0.1, 0.15) is 48.0 Å². The maximum Gasteiger partial charge on any atom is 0.325 e. The SMILES string of the molecule is O=C(O)[C@@H](c1ccccc1)N1CC(C(=O)N2CCC(c3ccc4c(n3)NCCC4)CC2)C1. The van der Waals surface area contributed by atoms with Gasteiger partial charge >= 0.3 is 5.97 Å². The summed E-state index contributed by atoms with van der Waals surface area (Å²) in [7, 11) is 0. The Bertz CT molecular complexity index is 982. The van der Waals surface area contributed by atoms with E-state index in [0.29, 0.717) is 19.0 Å². The lowest BCUT2D eigenvalue weighted by Crippen LogP contribution is -2.57. The van der Waals surface area contributed by atoms with E-state index in [2.05, 4.69) is 17.4 Å². The smallest absolute Gasteiger partial charge is 0.325 e. The highest BCUT2D eigenvalue weighted by molar-refractivity contribution is 5.81. The van der Waals surface area contributed by atoms with E-state index in [-0.39, 0.29) is 11.8 Å². The lowest BCUT2D eigenvalue weighted by Gasteiger charge is -2.44. The van der Waals surface area contributed by atoms with Gasteiger partial charge in [-0.05, 0) is 42.9 Å². The Kier molecular flexibility index (Phi) is 5.83. The first-order chi connectivity index (χ1) is 15.6. The van der Waals surface area contributed by atoms with Crippen molar-refractivity contribution in [1.29, 1.82) is 0 Å². The molecule has 2 N–H and O–H groups in total. The number of carbonyl (C=O) groups excluding carboxylic acids is 1. The minimum atomic E-state index is -0.866. The number of aliphatic carboxylic acids is 1. The molecular formula is C25H30N4O3. The molecule has 1 amide bonds. The number of carboxylic acids is 1. The molecular weight excluding hydrogens is 404 g/mol. The largest absolute Gasteiger partial charge is 0.480 e. The fourth-order valence-corrected chi connectivity index (χ4v) is 5.25. The second-order valence-electron chi connectivity index (χ2n) is 9.18. The third-order valence-electron chi connectivity index (χ3n) is 7.11. The van der Waals surface area contributed by atoms with Crippen LogP contribution in [0.4, 0.5) is 5.82 Å². The van der Waals surface area contributed by atoms with Crippen LogP contribution in [0.2, 0.25) is 0 Å². The third kappa shape index (κ3) is 4.09. The summed E-state index contributed by atoms with van der Waals surface area (Å²) < 4.78 is 0. The maximum absolute atomic E-state index is 13.0. The number of nitrogens with zero attached hydrogens (tertiary/aromatic N) is 3. The monoisotopic (exact) mass is 434 g/mol. The van der Waals surface area contributed by atoms with Crippen LogP contribution >= 0.6 is 0 Å². The van der Waals surface area contributed by atoms with E-state index >= 15 is 0 Å². The number of hydrogen-bond acceptors (Lipinski definition) is 5. The van der Waals surface area contributed by atoms with Crippen LogP contribution in [0.5, 0.6) is 0 Å². The topological polar surface area (TPSA) is 85.8 Å². The Balaban J connectivity index is 1.15. The van der Waals surface area contributed by atoms with Gasteiger partial charge in [0.25, 0.3) is 0 Å². The van der Waals surface area contributed by atoms with Gasteiger partial charge in [0.1, 0.15) is 11.9 Å². The molecule has 2 aromatic rings. The zero-order valence-electron chi connectivity index (χ0n) is 18.2. The molecule has 1 atom stereocenters. The quantitative estimate of drug-likeness (QED) is 0.753. The van der Waals surface area contributed by atoms with E-state index in [1.54, 1.807) is 0 Å². The van der Waals surface area contributed by atoms with E-state index < -0.39 is 12.0 Å². The molecule has 168 valence electrons. The van der Waals surface area contributed by atoms with Gasteiger partial charge < -0.3 is 15.3 Å². The zero-order chi connectivity index (χ0) is 22.1. The molecule has 3 aliphatic heterocycles. The predicted molar refractivity (Wildman–Crippen MR) is 121 cm³/mol. The van der Waals surface area contributed by atoms with E-state index in [0.717, 1.165) is 62.4 Å². The van der Waals surface area contributed by atoms with Crippen molar-refractivity contribution in [3.63, 3.8) is 0 Å². The highest BCUT2D eigenvalue weighted by Crippen LogP contribution is 2.33. The van der Waals surface area contributed by atoms with E-state index in [1.165, 1.54) is 5.56 Å². The van der Waals surface area contributed by atoms with Crippen molar-refractivity contribution in [3.8, 4) is 0 Å². The van der Waals surface area contributed by atoms with Gasteiger partial charge in [0, 0.05) is 44.3 Å². The number of carboxylic acid groups (broad SMARTS) is 1. The average Bonchev–Trinajstić information content (AvgIpc) is 2.81. The second kappa shape index (κ2) is 8.90. The molecule has 2 saturated heterocycles.